The van der Waals surface area contributed by atoms with Gasteiger partial charge < -0.3 is 0 Å². The van der Waals surface area contributed by atoms with Gasteiger partial charge in [0.15, 0.2) is 5.82 Å². The zero-order valence-electron chi connectivity index (χ0n) is 20.1. The van der Waals surface area contributed by atoms with Gasteiger partial charge in [0, 0.05) is 27.4 Å². The number of allylic oxidation sites excluding steroid dienone is 4. The Kier molecular flexibility index (Phi) is 5.45. The van der Waals surface area contributed by atoms with Crippen LogP contribution in [0.2, 0.25) is 0 Å². The molecule has 176 valence electrons. The summed E-state index contributed by atoms with van der Waals surface area (Å²) in [6.07, 6.45) is 8.26. The normalized spacial score (nSPS) is 13.5. The lowest BCUT2D eigenvalue weighted by molar-refractivity contribution is 1.05. The van der Waals surface area contributed by atoms with Crippen LogP contribution in [0.25, 0.3) is 54.1 Å². The summed E-state index contributed by atoms with van der Waals surface area (Å²) in [6, 6.07) is 33.7. The highest BCUT2D eigenvalue weighted by atomic mass is 32.1. The molecule has 0 spiro atoms. The van der Waals surface area contributed by atoms with Crippen LogP contribution in [0.15, 0.2) is 115 Å². The molecule has 0 unspecified atom stereocenters. The Balaban J connectivity index is 1.34. The Labute approximate surface area is 219 Å². The maximum atomic E-state index is 5.13. The van der Waals surface area contributed by atoms with Crippen molar-refractivity contribution in [2.24, 2.45) is 0 Å². The number of nitrogens with zero attached hydrogens (tertiary/aromatic N) is 3. The number of aromatic nitrogens is 3. The van der Waals surface area contributed by atoms with Gasteiger partial charge in [-0.25, -0.2) is 9.97 Å². The van der Waals surface area contributed by atoms with Crippen molar-refractivity contribution in [3.05, 3.63) is 127 Å². The summed E-state index contributed by atoms with van der Waals surface area (Å²) >= 11 is 1.77. The predicted octanol–water partition coefficient (Wildman–Crippen LogP) is 8.83. The minimum absolute atomic E-state index is 0.762. The van der Waals surface area contributed by atoms with Crippen LogP contribution in [0.1, 0.15) is 24.1 Å². The summed E-state index contributed by atoms with van der Waals surface area (Å²) in [7, 11) is 0. The van der Waals surface area contributed by atoms with Crippen molar-refractivity contribution in [3.8, 4) is 22.6 Å². The van der Waals surface area contributed by atoms with Gasteiger partial charge in [0.2, 0.25) is 0 Å². The maximum Gasteiger partial charge on any atom is 0.160 e. The van der Waals surface area contributed by atoms with E-state index in [9.17, 15) is 0 Å². The number of rotatable bonds is 4. The molecule has 4 heteroatoms. The van der Waals surface area contributed by atoms with E-state index < -0.39 is 0 Å². The third-order valence-electron chi connectivity index (χ3n) is 6.90. The van der Waals surface area contributed by atoms with Gasteiger partial charge in [-0.05, 0) is 53.8 Å². The fourth-order valence-electron chi connectivity index (χ4n) is 5.01. The molecule has 0 atom stereocenters. The van der Waals surface area contributed by atoms with Crippen molar-refractivity contribution in [1.29, 1.82) is 0 Å². The van der Waals surface area contributed by atoms with Gasteiger partial charge >= 0.3 is 0 Å². The molecule has 0 aliphatic heterocycles. The van der Waals surface area contributed by atoms with Crippen LogP contribution >= 0.6 is 11.3 Å². The molecule has 0 N–H and O–H groups in total. The smallest absolute Gasteiger partial charge is 0.160 e. The third kappa shape index (κ3) is 4.05. The Morgan fingerprint density at radius 2 is 1.38 bits per heavy atom. The number of benzene rings is 3. The van der Waals surface area contributed by atoms with E-state index in [2.05, 4.69) is 96.0 Å². The minimum Gasteiger partial charge on any atom is -0.257 e. The lowest BCUT2D eigenvalue weighted by atomic mass is 9.91. The molecule has 0 saturated carbocycles. The van der Waals surface area contributed by atoms with E-state index in [1.54, 1.807) is 11.3 Å². The van der Waals surface area contributed by atoms with Gasteiger partial charge in [-0.2, -0.15) is 0 Å². The second kappa shape index (κ2) is 9.23. The maximum absolute atomic E-state index is 5.13. The molecule has 1 aliphatic rings. The monoisotopic (exact) mass is 493 g/mol. The van der Waals surface area contributed by atoms with Gasteiger partial charge in [0.1, 0.15) is 0 Å². The Morgan fingerprint density at radius 3 is 2.22 bits per heavy atom. The first-order valence-corrected chi connectivity index (χ1v) is 13.3. The predicted molar refractivity (Wildman–Crippen MR) is 155 cm³/mol. The molecule has 3 heterocycles. The lowest BCUT2D eigenvalue weighted by Crippen LogP contribution is -1.97. The quantitative estimate of drug-likeness (QED) is 0.246. The van der Waals surface area contributed by atoms with E-state index in [1.807, 2.05) is 24.4 Å². The average Bonchev–Trinajstić information content (AvgIpc) is 3.36. The highest BCUT2D eigenvalue weighted by Crippen LogP contribution is 2.39. The molecule has 37 heavy (non-hydrogen) atoms. The van der Waals surface area contributed by atoms with E-state index in [-0.39, 0.29) is 0 Å². The standard InChI is InChI=1S/C33H23N3S/c1-2-9-24(10-3-1)30-32-31(27-13-4-5-15-29(27)37-32)36-33(35-30)26-12-8-11-25(21-26)22-16-18-23(19-17-22)28-14-6-7-20-34-28/h1-16,18,20-21H,17,19H2. The zero-order chi connectivity index (χ0) is 24.6. The Hall–Kier alpha value is -4.41. The first-order chi connectivity index (χ1) is 18.3. The Morgan fingerprint density at radius 1 is 0.622 bits per heavy atom. The van der Waals surface area contributed by atoms with E-state index in [1.165, 1.54) is 26.8 Å². The Bertz CT molecular complexity index is 1820. The van der Waals surface area contributed by atoms with Crippen LogP contribution in [-0.2, 0) is 0 Å². The fraction of sp³-hybridized carbons (Fsp3) is 0.0606. The van der Waals surface area contributed by atoms with Crippen LogP contribution in [0.5, 0.6) is 0 Å². The summed E-state index contributed by atoms with van der Waals surface area (Å²) < 4.78 is 2.37. The number of hydrogen-bond donors (Lipinski definition) is 0. The molecule has 3 aromatic carbocycles. The topological polar surface area (TPSA) is 38.7 Å². The summed E-state index contributed by atoms with van der Waals surface area (Å²) in [5.41, 5.74) is 9.05. The molecular weight excluding hydrogens is 470 g/mol. The van der Waals surface area contributed by atoms with Gasteiger partial charge in [-0.15, -0.1) is 11.3 Å². The van der Waals surface area contributed by atoms with E-state index in [0.717, 1.165) is 51.4 Å². The highest BCUT2D eigenvalue weighted by Gasteiger charge is 2.17. The largest absolute Gasteiger partial charge is 0.257 e. The van der Waals surface area contributed by atoms with Crippen molar-refractivity contribution in [3.63, 3.8) is 0 Å². The van der Waals surface area contributed by atoms with E-state index >= 15 is 0 Å². The molecule has 0 bridgehead atoms. The number of fused-ring (bicyclic) bond motifs is 3. The van der Waals surface area contributed by atoms with Crippen LogP contribution in [0, 0.1) is 0 Å². The van der Waals surface area contributed by atoms with Gasteiger partial charge in [-0.3, -0.25) is 4.98 Å². The van der Waals surface area contributed by atoms with Gasteiger partial charge in [-0.1, -0.05) is 84.9 Å². The molecular formula is C33H23N3S. The van der Waals surface area contributed by atoms with Crippen molar-refractivity contribution in [2.75, 3.05) is 0 Å². The van der Waals surface area contributed by atoms with Crippen LogP contribution in [-0.4, -0.2) is 15.0 Å². The van der Waals surface area contributed by atoms with Crippen molar-refractivity contribution in [2.45, 2.75) is 12.8 Å². The zero-order valence-corrected chi connectivity index (χ0v) is 21.0. The van der Waals surface area contributed by atoms with Gasteiger partial charge in [0.25, 0.3) is 0 Å². The molecule has 0 fully saturated rings. The third-order valence-corrected chi connectivity index (χ3v) is 8.07. The molecule has 0 radical (unpaired) electrons. The van der Waals surface area contributed by atoms with E-state index in [0.29, 0.717) is 0 Å². The van der Waals surface area contributed by atoms with Crippen LogP contribution in [0.4, 0.5) is 0 Å². The van der Waals surface area contributed by atoms with Crippen LogP contribution in [0.3, 0.4) is 0 Å². The number of thiophene rings is 1. The second-order valence-corrected chi connectivity index (χ2v) is 10.3. The molecule has 1 aliphatic carbocycles. The first-order valence-electron chi connectivity index (χ1n) is 12.5. The van der Waals surface area contributed by atoms with Crippen molar-refractivity contribution < 1.29 is 0 Å². The van der Waals surface area contributed by atoms with Crippen molar-refractivity contribution >= 4 is 42.8 Å². The second-order valence-electron chi connectivity index (χ2n) is 9.22. The highest BCUT2D eigenvalue weighted by molar-refractivity contribution is 7.26. The van der Waals surface area contributed by atoms with Crippen LogP contribution < -0.4 is 0 Å². The molecule has 3 nitrogen and oxygen atoms in total. The fourth-order valence-corrected chi connectivity index (χ4v) is 6.17. The molecule has 6 aromatic rings. The molecule has 0 saturated heterocycles. The lowest BCUT2D eigenvalue weighted by Gasteiger charge is -2.15. The number of hydrogen-bond acceptors (Lipinski definition) is 4. The summed E-state index contributed by atoms with van der Waals surface area (Å²) in [6.45, 7) is 0. The molecule has 0 amide bonds. The average molecular weight is 494 g/mol. The van der Waals surface area contributed by atoms with E-state index in [4.69, 9.17) is 9.97 Å². The van der Waals surface area contributed by atoms with Crippen molar-refractivity contribution in [1.82, 2.24) is 15.0 Å². The summed E-state index contributed by atoms with van der Waals surface area (Å²) in [4.78, 5) is 14.8. The molecule has 7 rings (SSSR count). The first kappa shape index (κ1) is 21.8. The SMILES string of the molecule is C1=C(c2cccc(-c3nc(-c4ccccc4)c4sc5ccccc5c4n3)c2)CCC(c2ccccn2)=C1. The summed E-state index contributed by atoms with van der Waals surface area (Å²) in [5, 5.41) is 1.18. The minimum atomic E-state index is 0.762. The molecule has 3 aromatic heterocycles. The summed E-state index contributed by atoms with van der Waals surface area (Å²) in [5.74, 6) is 0.762. The number of pyridine rings is 1. The van der Waals surface area contributed by atoms with Gasteiger partial charge in [0.05, 0.1) is 21.6 Å².